The number of aromatic nitrogens is 2. The molecule has 2 aromatic rings. The van der Waals surface area contributed by atoms with E-state index in [1.54, 1.807) is 6.07 Å². The second kappa shape index (κ2) is 4.07. The third-order valence-electron chi connectivity index (χ3n) is 3.36. The zero-order valence-electron chi connectivity index (χ0n) is 9.42. The Morgan fingerprint density at radius 3 is 2.72 bits per heavy atom. The minimum Gasteiger partial charge on any atom is -0.393 e. The first-order chi connectivity index (χ1) is 8.56. The summed E-state index contributed by atoms with van der Waals surface area (Å²) in [5.41, 5.74) is 1.88. The fourth-order valence-corrected chi connectivity index (χ4v) is 3.15. The molecular formula is C12H11BrN2O3. The number of halogens is 1. The molecule has 0 saturated carbocycles. The minimum absolute atomic E-state index is 0.398. The molecule has 1 aliphatic rings. The van der Waals surface area contributed by atoms with Gasteiger partial charge in [-0.15, -0.1) is 0 Å². The average molecular weight is 311 g/mol. The van der Waals surface area contributed by atoms with Crippen LogP contribution >= 0.6 is 15.9 Å². The lowest BCUT2D eigenvalue weighted by Crippen LogP contribution is -2.30. The van der Waals surface area contributed by atoms with E-state index in [2.05, 4.69) is 25.9 Å². The van der Waals surface area contributed by atoms with Crippen LogP contribution in [0.1, 0.15) is 17.5 Å². The smallest absolute Gasteiger partial charge is 0.314 e. The first-order valence-corrected chi connectivity index (χ1v) is 6.50. The van der Waals surface area contributed by atoms with Crippen LogP contribution in [0.5, 0.6) is 0 Å². The maximum Gasteiger partial charge on any atom is 0.314 e. The number of fused-ring (bicyclic) bond motifs is 3. The van der Waals surface area contributed by atoms with Gasteiger partial charge in [0, 0.05) is 10.9 Å². The fourth-order valence-electron chi connectivity index (χ4n) is 2.48. The number of rotatable bonds is 0. The first kappa shape index (κ1) is 11.7. The van der Waals surface area contributed by atoms with Crippen LogP contribution in [0.25, 0.3) is 11.0 Å². The SMILES string of the molecule is O=c1[nH]c2cc(Br)c3c(c2[nH]c1=O)CC(O)CC3. The molecule has 18 heavy (non-hydrogen) atoms. The van der Waals surface area contributed by atoms with Crippen LogP contribution in [0.4, 0.5) is 0 Å². The van der Waals surface area contributed by atoms with Crippen LogP contribution < -0.4 is 11.1 Å². The highest BCUT2D eigenvalue weighted by Crippen LogP contribution is 2.32. The molecule has 6 heteroatoms. The van der Waals surface area contributed by atoms with Gasteiger partial charge in [-0.05, 0) is 30.0 Å². The number of hydrogen-bond acceptors (Lipinski definition) is 3. The van der Waals surface area contributed by atoms with E-state index >= 15 is 0 Å². The molecule has 3 rings (SSSR count). The quantitative estimate of drug-likeness (QED) is 0.630. The molecule has 1 heterocycles. The normalized spacial score (nSPS) is 18.9. The van der Waals surface area contributed by atoms with Gasteiger partial charge in [0.1, 0.15) is 0 Å². The molecule has 0 aliphatic heterocycles. The Kier molecular flexibility index (Phi) is 2.64. The lowest BCUT2D eigenvalue weighted by atomic mass is 9.89. The van der Waals surface area contributed by atoms with Gasteiger partial charge in [0.15, 0.2) is 0 Å². The van der Waals surface area contributed by atoms with Crippen molar-refractivity contribution in [3.05, 3.63) is 42.4 Å². The third-order valence-corrected chi connectivity index (χ3v) is 4.06. The standard InChI is InChI=1S/C12H11BrN2O3/c13-8-4-9-10(15-12(18)11(17)14-9)7-3-5(16)1-2-6(7)8/h4-5,16H,1-3H2,(H,14,17)(H,15,18). The number of aliphatic hydroxyl groups excluding tert-OH is 1. The number of hydrogen-bond donors (Lipinski definition) is 3. The van der Waals surface area contributed by atoms with Gasteiger partial charge in [-0.3, -0.25) is 9.59 Å². The summed E-state index contributed by atoms with van der Waals surface area (Å²) >= 11 is 3.47. The van der Waals surface area contributed by atoms with Gasteiger partial charge >= 0.3 is 11.1 Å². The second-order valence-corrected chi connectivity index (χ2v) is 5.40. The molecule has 1 aromatic heterocycles. The Morgan fingerprint density at radius 1 is 1.22 bits per heavy atom. The Morgan fingerprint density at radius 2 is 1.94 bits per heavy atom. The fraction of sp³-hybridized carbons (Fsp3) is 0.333. The summed E-state index contributed by atoms with van der Waals surface area (Å²) in [5.74, 6) is 0. The van der Waals surface area contributed by atoms with Gasteiger partial charge < -0.3 is 15.1 Å². The highest BCUT2D eigenvalue weighted by Gasteiger charge is 2.22. The highest BCUT2D eigenvalue weighted by atomic mass is 79.9. The van der Waals surface area contributed by atoms with Crippen molar-refractivity contribution in [3.8, 4) is 0 Å². The molecule has 0 bridgehead atoms. The third kappa shape index (κ3) is 1.72. The number of benzene rings is 1. The van der Waals surface area contributed by atoms with Crippen molar-refractivity contribution in [2.24, 2.45) is 0 Å². The molecule has 1 aliphatic carbocycles. The highest BCUT2D eigenvalue weighted by molar-refractivity contribution is 9.10. The molecule has 0 spiro atoms. The van der Waals surface area contributed by atoms with E-state index in [0.29, 0.717) is 23.9 Å². The summed E-state index contributed by atoms with van der Waals surface area (Å²) in [4.78, 5) is 27.9. The molecular weight excluding hydrogens is 300 g/mol. The lowest BCUT2D eigenvalue weighted by Gasteiger charge is -2.23. The maximum atomic E-state index is 11.4. The Bertz CT molecular complexity index is 747. The summed E-state index contributed by atoms with van der Waals surface area (Å²) in [6.45, 7) is 0. The van der Waals surface area contributed by atoms with Gasteiger partial charge in [0.05, 0.1) is 17.1 Å². The van der Waals surface area contributed by atoms with Crippen LogP contribution in [0.15, 0.2) is 20.1 Å². The van der Waals surface area contributed by atoms with E-state index < -0.39 is 17.2 Å². The molecule has 3 N–H and O–H groups in total. The van der Waals surface area contributed by atoms with Gasteiger partial charge in [0.2, 0.25) is 0 Å². The van der Waals surface area contributed by atoms with Crippen molar-refractivity contribution in [3.63, 3.8) is 0 Å². The first-order valence-electron chi connectivity index (χ1n) is 5.71. The Hall–Kier alpha value is -1.40. The molecule has 1 aromatic carbocycles. The van der Waals surface area contributed by atoms with Gasteiger partial charge in [0.25, 0.3) is 0 Å². The van der Waals surface area contributed by atoms with Crippen LogP contribution in [-0.2, 0) is 12.8 Å². The summed E-state index contributed by atoms with van der Waals surface area (Å²) in [5, 5.41) is 9.75. The summed E-state index contributed by atoms with van der Waals surface area (Å²) < 4.78 is 0.902. The van der Waals surface area contributed by atoms with Crippen LogP contribution in [-0.4, -0.2) is 21.2 Å². The predicted molar refractivity (Wildman–Crippen MR) is 70.9 cm³/mol. The van der Waals surface area contributed by atoms with Crippen LogP contribution in [0.3, 0.4) is 0 Å². The number of aliphatic hydroxyl groups is 1. The van der Waals surface area contributed by atoms with Crippen molar-refractivity contribution in [2.45, 2.75) is 25.4 Å². The zero-order chi connectivity index (χ0) is 12.9. The molecule has 0 radical (unpaired) electrons. The lowest BCUT2D eigenvalue weighted by molar-refractivity contribution is 0.159. The molecule has 0 amide bonds. The molecule has 1 unspecified atom stereocenters. The Labute approximate surface area is 110 Å². The summed E-state index contributed by atoms with van der Waals surface area (Å²) in [6, 6.07) is 1.79. The van der Waals surface area contributed by atoms with E-state index in [9.17, 15) is 14.7 Å². The topological polar surface area (TPSA) is 86.0 Å². The summed E-state index contributed by atoms with van der Waals surface area (Å²) in [6.07, 6.45) is 1.57. The van der Waals surface area contributed by atoms with Crippen molar-refractivity contribution >= 4 is 27.0 Å². The Balaban J connectivity index is 2.42. The van der Waals surface area contributed by atoms with Gasteiger partial charge in [-0.25, -0.2) is 0 Å². The van der Waals surface area contributed by atoms with Gasteiger partial charge in [-0.2, -0.15) is 0 Å². The maximum absolute atomic E-state index is 11.4. The van der Waals surface area contributed by atoms with Crippen molar-refractivity contribution in [2.75, 3.05) is 0 Å². The number of nitrogens with one attached hydrogen (secondary N) is 2. The number of aromatic amines is 2. The van der Waals surface area contributed by atoms with Crippen molar-refractivity contribution in [1.82, 2.24) is 9.97 Å². The number of H-pyrrole nitrogens is 2. The molecule has 0 saturated heterocycles. The largest absolute Gasteiger partial charge is 0.393 e. The van der Waals surface area contributed by atoms with E-state index in [-0.39, 0.29) is 0 Å². The van der Waals surface area contributed by atoms with E-state index in [1.165, 1.54) is 0 Å². The van der Waals surface area contributed by atoms with Crippen molar-refractivity contribution < 1.29 is 5.11 Å². The molecule has 94 valence electrons. The van der Waals surface area contributed by atoms with Crippen LogP contribution in [0, 0.1) is 0 Å². The minimum atomic E-state index is -0.661. The van der Waals surface area contributed by atoms with E-state index in [0.717, 1.165) is 22.0 Å². The van der Waals surface area contributed by atoms with Gasteiger partial charge in [-0.1, -0.05) is 15.9 Å². The molecule has 1 atom stereocenters. The van der Waals surface area contributed by atoms with E-state index in [1.807, 2.05) is 0 Å². The monoisotopic (exact) mass is 310 g/mol. The molecule has 5 nitrogen and oxygen atoms in total. The van der Waals surface area contributed by atoms with Crippen LogP contribution in [0.2, 0.25) is 0 Å². The second-order valence-electron chi connectivity index (χ2n) is 4.54. The van der Waals surface area contributed by atoms with E-state index in [4.69, 9.17) is 0 Å². The molecule has 0 fully saturated rings. The predicted octanol–water partition coefficient (Wildman–Crippen LogP) is 0.828. The zero-order valence-corrected chi connectivity index (χ0v) is 11.0. The van der Waals surface area contributed by atoms with Crippen molar-refractivity contribution in [1.29, 1.82) is 0 Å². The summed E-state index contributed by atoms with van der Waals surface area (Å²) in [7, 11) is 0. The average Bonchev–Trinajstić information content (AvgIpc) is 2.32.